The van der Waals surface area contributed by atoms with Gasteiger partial charge in [-0.3, -0.25) is 4.79 Å². The van der Waals surface area contributed by atoms with Gasteiger partial charge >= 0.3 is 0 Å². The number of sulfonamides is 1. The fourth-order valence-electron chi connectivity index (χ4n) is 4.23. The van der Waals surface area contributed by atoms with Crippen LogP contribution < -0.4 is 5.32 Å². The van der Waals surface area contributed by atoms with Crippen LogP contribution in [0.1, 0.15) is 46.0 Å². The lowest BCUT2D eigenvalue weighted by Crippen LogP contribution is -2.48. The minimum atomic E-state index is -3.90. The molecular weight excluding hydrogens is 386 g/mol. The highest BCUT2D eigenvalue weighted by Gasteiger charge is 2.34. The predicted octanol–water partition coefficient (Wildman–Crippen LogP) is 3.31. The molecule has 3 rings (SSSR count). The highest BCUT2D eigenvalue weighted by Crippen LogP contribution is 2.30. The Morgan fingerprint density at radius 1 is 1.07 bits per heavy atom. The second kappa shape index (κ2) is 8.45. The molecule has 0 unspecified atom stereocenters. The van der Waals surface area contributed by atoms with Crippen LogP contribution >= 0.6 is 0 Å². The molecule has 1 aliphatic heterocycles. The van der Waals surface area contributed by atoms with E-state index in [1.807, 2.05) is 0 Å². The van der Waals surface area contributed by atoms with Gasteiger partial charge in [-0.15, -0.1) is 0 Å². The molecule has 0 aromatic heterocycles. The fourth-order valence-corrected chi connectivity index (χ4v) is 5.71. The number of piperidine rings is 1. The van der Waals surface area contributed by atoms with Crippen molar-refractivity contribution >= 4 is 15.9 Å². The molecule has 1 saturated carbocycles. The summed E-state index contributed by atoms with van der Waals surface area (Å²) in [5.74, 6) is -1.47. The molecule has 3 atom stereocenters. The van der Waals surface area contributed by atoms with Crippen LogP contribution in [0, 0.1) is 29.4 Å². The maximum Gasteiger partial charge on any atom is 0.243 e. The van der Waals surface area contributed by atoms with Gasteiger partial charge in [0.25, 0.3) is 0 Å². The summed E-state index contributed by atoms with van der Waals surface area (Å²) in [4.78, 5) is 12.4. The number of benzene rings is 1. The molecule has 0 radical (unpaired) electrons. The van der Waals surface area contributed by atoms with E-state index in [4.69, 9.17) is 0 Å². The van der Waals surface area contributed by atoms with Gasteiger partial charge in [-0.1, -0.05) is 26.7 Å². The Bertz CT molecular complexity index is 823. The first-order valence-electron chi connectivity index (χ1n) is 9.95. The number of carbonyl (C=O) groups excluding carboxylic acids is 1. The average molecular weight is 415 g/mol. The summed E-state index contributed by atoms with van der Waals surface area (Å²) >= 11 is 0. The van der Waals surface area contributed by atoms with Crippen molar-refractivity contribution in [2.45, 2.75) is 56.9 Å². The third-order valence-electron chi connectivity index (χ3n) is 6.39. The van der Waals surface area contributed by atoms with E-state index in [0.29, 0.717) is 30.7 Å². The SMILES string of the molecule is C[C@@H]1[C@H](C)CCC[C@H]1NC(=O)C1CCN(S(=O)(=O)c2ccc(F)c(F)c2)CC1. The summed E-state index contributed by atoms with van der Waals surface area (Å²) in [6.45, 7) is 4.77. The first kappa shape index (κ1) is 21.2. The average Bonchev–Trinajstić information content (AvgIpc) is 2.67. The number of nitrogens with zero attached hydrogens (tertiary/aromatic N) is 1. The molecule has 1 aromatic rings. The molecule has 28 heavy (non-hydrogen) atoms. The van der Waals surface area contributed by atoms with E-state index in [-0.39, 0.29) is 35.9 Å². The Morgan fingerprint density at radius 3 is 2.39 bits per heavy atom. The zero-order valence-corrected chi connectivity index (χ0v) is 17.1. The van der Waals surface area contributed by atoms with Gasteiger partial charge in [-0.05, 0) is 49.3 Å². The molecule has 5 nitrogen and oxygen atoms in total. The van der Waals surface area contributed by atoms with Crippen LogP contribution in [0.3, 0.4) is 0 Å². The monoisotopic (exact) mass is 414 g/mol. The second-order valence-corrected chi connectivity index (χ2v) is 10.1. The van der Waals surface area contributed by atoms with Gasteiger partial charge in [-0.25, -0.2) is 17.2 Å². The Kier molecular flexibility index (Phi) is 6.39. The maximum atomic E-state index is 13.4. The highest BCUT2D eigenvalue weighted by atomic mass is 32.2. The molecular formula is C20H28F2N2O3S. The summed E-state index contributed by atoms with van der Waals surface area (Å²) in [6, 6.07) is 2.77. The molecule has 1 N–H and O–H groups in total. The summed E-state index contributed by atoms with van der Waals surface area (Å²) in [6.07, 6.45) is 4.13. The standard InChI is InChI=1S/C20H28F2N2O3S/c1-13-4-3-5-19(14(13)2)23-20(25)15-8-10-24(11-9-15)28(26,27)16-6-7-17(21)18(22)12-16/h6-7,12-15,19H,3-5,8-11H2,1-2H3,(H,23,25)/t13-,14-,19-/m1/s1. The number of halogens is 2. The number of amides is 1. The Labute approximate surface area is 165 Å². The fraction of sp³-hybridized carbons (Fsp3) is 0.650. The van der Waals surface area contributed by atoms with Crippen LogP contribution in [0.15, 0.2) is 23.1 Å². The summed E-state index contributed by atoms with van der Waals surface area (Å²) < 4.78 is 53.1. The zero-order valence-electron chi connectivity index (χ0n) is 16.3. The van der Waals surface area contributed by atoms with Crippen LogP contribution in [0.5, 0.6) is 0 Å². The summed E-state index contributed by atoms with van der Waals surface area (Å²) in [5, 5.41) is 3.17. The Morgan fingerprint density at radius 2 is 1.75 bits per heavy atom. The van der Waals surface area contributed by atoms with Gasteiger partial charge in [0.1, 0.15) is 0 Å². The first-order valence-corrected chi connectivity index (χ1v) is 11.4. The van der Waals surface area contributed by atoms with Crippen molar-refractivity contribution in [1.29, 1.82) is 0 Å². The minimum absolute atomic E-state index is 0.00387. The molecule has 2 fully saturated rings. The van der Waals surface area contributed by atoms with Crippen molar-refractivity contribution in [2.24, 2.45) is 17.8 Å². The van der Waals surface area contributed by atoms with Crippen molar-refractivity contribution in [3.63, 3.8) is 0 Å². The Hall–Kier alpha value is -1.54. The Balaban J connectivity index is 1.59. The quantitative estimate of drug-likeness (QED) is 0.822. The molecule has 0 bridgehead atoms. The van der Waals surface area contributed by atoms with E-state index in [2.05, 4.69) is 19.2 Å². The molecule has 156 valence electrons. The first-order chi connectivity index (χ1) is 13.2. The largest absolute Gasteiger partial charge is 0.353 e. The molecule has 1 aliphatic carbocycles. The highest BCUT2D eigenvalue weighted by molar-refractivity contribution is 7.89. The lowest BCUT2D eigenvalue weighted by molar-refractivity contribution is -0.127. The topological polar surface area (TPSA) is 66.5 Å². The van der Waals surface area contributed by atoms with Crippen LogP contribution in [-0.2, 0) is 14.8 Å². The number of carbonyl (C=O) groups is 1. The van der Waals surface area contributed by atoms with Crippen molar-refractivity contribution in [2.75, 3.05) is 13.1 Å². The molecule has 1 aromatic carbocycles. The van der Waals surface area contributed by atoms with Gasteiger partial charge < -0.3 is 5.32 Å². The number of rotatable bonds is 4. The van der Waals surface area contributed by atoms with Gasteiger partial charge in [0, 0.05) is 25.0 Å². The van der Waals surface area contributed by atoms with Gasteiger partial charge in [0.05, 0.1) is 4.90 Å². The lowest BCUT2D eigenvalue weighted by atomic mass is 9.78. The lowest BCUT2D eigenvalue weighted by Gasteiger charge is -2.36. The van der Waals surface area contributed by atoms with E-state index in [9.17, 15) is 22.0 Å². The number of nitrogens with one attached hydrogen (secondary N) is 1. The molecule has 1 saturated heterocycles. The van der Waals surface area contributed by atoms with E-state index >= 15 is 0 Å². The van der Waals surface area contributed by atoms with Crippen LogP contribution in [0.4, 0.5) is 8.78 Å². The predicted molar refractivity (Wildman–Crippen MR) is 102 cm³/mol. The third-order valence-corrected chi connectivity index (χ3v) is 8.28. The maximum absolute atomic E-state index is 13.4. The molecule has 1 heterocycles. The second-order valence-electron chi connectivity index (χ2n) is 8.14. The van der Waals surface area contributed by atoms with Crippen LogP contribution in [0.25, 0.3) is 0 Å². The van der Waals surface area contributed by atoms with E-state index in [0.717, 1.165) is 25.0 Å². The van der Waals surface area contributed by atoms with Crippen molar-refractivity contribution < 1.29 is 22.0 Å². The smallest absolute Gasteiger partial charge is 0.243 e. The van der Waals surface area contributed by atoms with Crippen LogP contribution in [0.2, 0.25) is 0 Å². The van der Waals surface area contributed by atoms with E-state index < -0.39 is 21.7 Å². The number of hydrogen-bond acceptors (Lipinski definition) is 3. The summed E-state index contributed by atoms with van der Waals surface area (Å²) in [7, 11) is -3.90. The minimum Gasteiger partial charge on any atom is -0.353 e. The normalized spacial score (nSPS) is 27.5. The van der Waals surface area contributed by atoms with Crippen molar-refractivity contribution in [3.8, 4) is 0 Å². The van der Waals surface area contributed by atoms with E-state index in [1.54, 1.807) is 0 Å². The zero-order chi connectivity index (χ0) is 20.5. The van der Waals surface area contributed by atoms with Gasteiger partial charge in [0.15, 0.2) is 11.6 Å². The van der Waals surface area contributed by atoms with Gasteiger partial charge in [-0.2, -0.15) is 4.31 Å². The number of hydrogen-bond donors (Lipinski definition) is 1. The van der Waals surface area contributed by atoms with Crippen molar-refractivity contribution in [1.82, 2.24) is 9.62 Å². The van der Waals surface area contributed by atoms with Crippen LogP contribution in [-0.4, -0.2) is 37.8 Å². The molecule has 0 spiro atoms. The van der Waals surface area contributed by atoms with Gasteiger partial charge in [0.2, 0.25) is 15.9 Å². The molecule has 1 amide bonds. The molecule has 2 aliphatic rings. The molecule has 8 heteroatoms. The van der Waals surface area contributed by atoms with Crippen molar-refractivity contribution in [3.05, 3.63) is 29.8 Å². The summed E-state index contributed by atoms with van der Waals surface area (Å²) in [5.41, 5.74) is 0. The van der Waals surface area contributed by atoms with E-state index in [1.165, 1.54) is 10.7 Å². The third kappa shape index (κ3) is 4.38.